The molecule has 19 heavy (non-hydrogen) atoms. The van der Waals surface area contributed by atoms with Crippen molar-refractivity contribution in [3.63, 3.8) is 0 Å². The topological polar surface area (TPSA) is 44.9 Å². The van der Waals surface area contributed by atoms with Crippen LogP contribution in [0.2, 0.25) is 0 Å². The van der Waals surface area contributed by atoms with Gasteiger partial charge in [0, 0.05) is 28.9 Å². The van der Waals surface area contributed by atoms with E-state index in [-0.39, 0.29) is 5.91 Å². The van der Waals surface area contributed by atoms with Gasteiger partial charge in [-0.3, -0.25) is 4.79 Å². The van der Waals surface area contributed by atoms with E-state index in [1.807, 2.05) is 42.2 Å². The zero-order valence-corrected chi connectivity index (χ0v) is 12.2. The number of aromatic nitrogens is 1. The molecule has 1 amide bonds. The van der Waals surface area contributed by atoms with E-state index < -0.39 is 0 Å². The van der Waals surface area contributed by atoms with Crippen molar-refractivity contribution in [1.82, 2.24) is 10.3 Å². The zero-order valence-electron chi connectivity index (χ0n) is 11.4. The largest absolute Gasteiger partial charge is 0.361 e. The second-order valence-corrected chi connectivity index (χ2v) is 6.00. The van der Waals surface area contributed by atoms with E-state index in [0.29, 0.717) is 11.7 Å². The maximum atomic E-state index is 11.9. The van der Waals surface area contributed by atoms with Gasteiger partial charge in [-0.1, -0.05) is 25.1 Å². The van der Waals surface area contributed by atoms with Crippen LogP contribution in [0.25, 0.3) is 10.9 Å². The predicted molar refractivity (Wildman–Crippen MR) is 82.6 cm³/mol. The van der Waals surface area contributed by atoms with Gasteiger partial charge in [-0.15, -0.1) is 0 Å². The number of carbonyl (C=O) groups excluding carboxylic acids is 1. The number of thioether (sulfide) groups is 1. The highest BCUT2D eigenvalue weighted by atomic mass is 32.2. The number of fused-ring (bicyclic) bond motifs is 1. The number of nitrogens with one attached hydrogen (secondary N) is 2. The van der Waals surface area contributed by atoms with Crippen molar-refractivity contribution in [3.8, 4) is 0 Å². The Morgan fingerprint density at radius 2 is 2.21 bits per heavy atom. The fourth-order valence-electron chi connectivity index (χ4n) is 2.05. The number of aromatic amines is 1. The number of carbonyl (C=O) groups is 1. The van der Waals surface area contributed by atoms with Crippen LogP contribution in [0, 0.1) is 0 Å². The quantitative estimate of drug-likeness (QED) is 0.852. The molecule has 102 valence electrons. The molecule has 2 aromatic rings. The van der Waals surface area contributed by atoms with Crippen LogP contribution in [0.5, 0.6) is 0 Å². The van der Waals surface area contributed by atoms with Gasteiger partial charge in [0.15, 0.2) is 0 Å². The highest BCUT2D eigenvalue weighted by Gasteiger charge is 2.08. The predicted octanol–water partition coefficient (Wildman–Crippen LogP) is 2.97. The molecule has 0 saturated heterocycles. The highest BCUT2D eigenvalue weighted by molar-refractivity contribution is 7.99. The van der Waals surface area contributed by atoms with Gasteiger partial charge in [-0.2, -0.15) is 11.8 Å². The zero-order chi connectivity index (χ0) is 13.7. The molecule has 2 rings (SSSR count). The summed E-state index contributed by atoms with van der Waals surface area (Å²) in [4.78, 5) is 15.1. The number of hydrogen-bond donors (Lipinski definition) is 2. The van der Waals surface area contributed by atoms with Crippen LogP contribution in [0.1, 0.15) is 18.9 Å². The van der Waals surface area contributed by atoms with Crippen molar-refractivity contribution in [2.45, 2.75) is 25.0 Å². The molecule has 1 atom stereocenters. The van der Waals surface area contributed by atoms with Crippen LogP contribution < -0.4 is 5.32 Å². The summed E-state index contributed by atoms with van der Waals surface area (Å²) < 4.78 is 0. The first kappa shape index (κ1) is 14.0. The van der Waals surface area contributed by atoms with Crippen molar-refractivity contribution in [2.24, 2.45) is 0 Å². The molecule has 0 aliphatic rings. The van der Waals surface area contributed by atoms with E-state index in [9.17, 15) is 4.79 Å². The Balaban J connectivity index is 1.88. The third-order valence-corrected chi connectivity index (χ3v) is 4.34. The molecule has 0 saturated carbocycles. The molecule has 1 heterocycles. The summed E-state index contributed by atoms with van der Waals surface area (Å²) in [5.41, 5.74) is 2.15. The van der Waals surface area contributed by atoms with Crippen molar-refractivity contribution >= 4 is 28.6 Å². The lowest BCUT2D eigenvalue weighted by Gasteiger charge is -2.08. The third kappa shape index (κ3) is 3.77. The molecule has 0 fully saturated rings. The maximum Gasteiger partial charge on any atom is 0.224 e. The molecular weight excluding hydrogens is 256 g/mol. The minimum atomic E-state index is 0.0954. The van der Waals surface area contributed by atoms with Crippen molar-refractivity contribution in [2.75, 3.05) is 12.8 Å². The normalized spacial score (nSPS) is 12.5. The summed E-state index contributed by atoms with van der Waals surface area (Å²) in [5.74, 6) is 0.0954. The van der Waals surface area contributed by atoms with Crippen LogP contribution >= 0.6 is 11.8 Å². The second kappa shape index (κ2) is 6.66. The van der Waals surface area contributed by atoms with Gasteiger partial charge in [0.25, 0.3) is 0 Å². The molecule has 4 heteroatoms. The standard InChI is InChI=1S/C15H20N2OS/c1-11(19-2)7-8-16-15(18)9-12-10-17-14-6-4-3-5-13(12)14/h3-6,10-11,17H,7-9H2,1-2H3,(H,16,18). The first-order valence-electron chi connectivity index (χ1n) is 6.55. The minimum Gasteiger partial charge on any atom is -0.361 e. The van der Waals surface area contributed by atoms with Gasteiger partial charge < -0.3 is 10.3 Å². The lowest BCUT2D eigenvalue weighted by molar-refractivity contribution is -0.120. The Morgan fingerprint density at radius 3 is 3.00 bits per heavy atom. The first-order chi connectivity index (χ1) is 9.20. The molecule has 0 radical (unpaired) electrons. The molecule has 1 aromatic carbocycles. The minimum absolute atomic E-state index is 0.0954. The Bertz CT molecular complexity index is 550. The molecule has 3 nitrogen and oxygen atoms in total. The van der Waals surface area contributed by atoms with Gasteiger partial charge in [0.1, 0.15) is 0 Å². The average Bonchev–Trinajstić information content (AvgIpc) is 2.82. The van der Waals surface area contributed by atoms with Gasteiger partial charge in [0.2, 0.25) is 5.91 Å². The monoisotopic (exact) mass is 276 g/mol. The summed E-state index contributed by atoms with van der Waals surface area (Å²) >= 11 is 1.83. The van der Waals surface area contributed by atoms with E-state index in [1.54, 1.807) is 0 Å². The van der Waals surface area contributed by atoms with Gasteiger partial charge in [0.05, 0.1) is 6.42 Å². The van der Waals surface area contributed by atoms with E-state index >= 15 is 0 Å². The number of benzene rings is 1. The number of amides is 1. The summed E-state index contributed by atoms with van der Waals surface area (Å²) in [6.07, 6.45) is 5.48. The maximum absolute atomic E-state index is 11.9. The molecule has 0 aliphatic carbocycles. The number of hydrogen-bond acceptors (Lipinski definition) is 2. The van der Waals surface area contributed by atoms with E-state index in [4.69, 9.17) is 0 Å². The first-order valence-corrected chi connectivity index (χ1v) is 7.84. The summed E-state index contributed by atoms with van der Waals surface area (Å²) in [7, 11) is 0. The Kier molecular flexibility index (Phi) is 4.91. The van der Waals surface area contributed by atoms with Gasteiger partial charge in [-0.05, 0) is 24.3 Å². The smallest absolute Gasteiger partial charge is 0.224 e. The van der Waals surface area contributed by atoms with Crippen LogP contribution in [0.3, 0.4) is 0 Å². The fraction of sp³-hybridized carbons (Fsp3) is 0.400. The SMILES string of the molecule is CSC(C)CCNC(=O)Cc1c[nH]c2ccccc12. The molecule has 1 aromatic heterocycles. The number of H-pyrrole nitrogens is 1. The van der Waals surface area contributed by atoms with Gasteiger partial charge in [-0.25, -0.2) is 0 Å². The summed E-state index contributed by atoms with van der Waals surface area (Å²) in [6.45, 7) is 2.93. The molecule has 0 spiro atoms. The lowest BCUT2D eigenvalue weighted by atomic mass is 10.1. The van der Waals surface area contributed by atoms with Crippen LogP contribution in [-0.2, 0) is 11.2 Å². The summed E-state index contributed by atoms with van der Waals surface area (Å²) in [5, 5.41) is 4.71. The highest BCUT2D eigenvalue weighted by Crippen LogP contribution is 2.17. The van der Waals surface area contributed by atoms with Crippen LogP contribution in [-0.4, -0.2) is 28.9 Å². The van der Waals surface area contributed by atoms with Crippen LogP contribution in [0.15, 0.2) is 30.5 Å². The molecule has 2 N–H and O–H groups in total. The molecule has 0 aliphatic heterocycles. The van der Waals surface area contributed by atoms with E-state index in [1.165, 1.54) is 0 Å². The number of para-hydroxylation sites is 1. The van der Waals surface area contributed by atoms with E-state index in [2.05, 4.69) is 23.5 Å². The second-order valence-electron chi connectivity index (χ2n) is 4.72. The molecule has 0 bridgehead atoms. The van der Waals surface area contributed by atoms with Crippen molar-refractivity contribution < 1.29 is 4.79 Å². The Labute approximate surface area is 118 Å². The average molecular weight is 276 g/mol. The Morgan fingerprint density at radius 1 is 1.42 bits per heavy atom. The van der Waals surface area contributed by atoms with Crippen LogP contribution in [0.4, 0.5) is 0 Å². The summed E-state index contributed by atoms with van der Waals surface area (Å²) in [6, 6.07) is 8.06. The molecular formula is C15H20N2OS. The van der Waals surface area contributed by atoms with E-state index in [0.717, 1.165) is 29.4 Å². The number of rotatable bonds is 6. The van der Waals surface area contributed by atoms with Crippen molar-refractivity contribution in [3.05, 3.63) is 36.0 Å². The third-order valence-electron chi connectivity index (χ3n) is 3.30. The van der Waals surface area contributed by atoms with Crippen molar-refractivity contribution in [1.29, 1.82) is 0 Å². The molecule has 1 unspecified atom stereocenters. The fourth-order valence-corrected chi connectivity index (χ4v) is 2.40. The van der Waals surface area contributed by atoms with Gasteiger partial charge >= 0.3 is 0 Å². The Hall–Kier alpha value is -1.42. The lowest BCUT2D eigenvalue weighted by Crippen LogP contribution is -2.27.